The summed E-state index contributed by atoms with van der Waals surface area (Å²) in [7, 11) is 0. The second-order valence-corrected chi connectivity index (χ2v) is 10.2. The summed E-state index contributed by atoms with van der Waals surface area (Å²) in [5, 5.41) is 14.8. The molecule has 3 aromatic rings. The van der Waals surface area contributed by atoms with Crippen LogP contribution in [0.3, 0.4) is 0 Å². The lowest BCUT2D eigenvalue weighted by Crippen LogP contribution is -2.40. The predicted octanol–water partition coefficient (Wildman–Crippen LogP) is 5.39. The van der Waals surface area contributed by atoms with E-state index in [9.17, 15) is 19.5 Å². The summed E-state index contributed by atoms with van der Waals surface area (Å²) in [6, 6.07) is 20.9. The van der Waals surface area contributed by atoms with Gasteiger partial charge >= 0.3 is 12.1 Å². The van der Waals surface area contributed by atoms with Crippen LogP contribution in [0.25, 0.3) is 11.1 Å². The average molecular weight is 582 g/mol. The Morgan fingerprint density at radius 1 is 0.971 bits per heavy atom. The number of amides is 2. The number of carbonyl (C=O) groups is 3. The molecule has 35 heavy (non-hydrogen) atoms. The summed E-state index contributed by atoms with van der Waals surface area (Å²) in [5.74, 6) is -1.38. The summed E-state index contributed by atoms with van der Waals surface area (Å²) < 4.78 is 6.33. The zero-order valence-electron chi connectivity index (χ0n) is 18.7. The van der Waals surface area contributed by atoms with Crippen LogP contribution in [-0.2, 0) is 9.53 Å². The Morgan fingerprint density at radius 2 is 1.60 bits per heavy atom. The van der Waals surface area contributed by atoms with E-state index in [1.54, 1.807) is 6.07 Å². The Balaban J connectivity index is 1.19. The van der Waals surface area contributed by atoms with Gasteiger partial charge in [0.2, 0.25) is 5.91 Å². The molecule has 0 atom stereocenters. The molecule has 2 aliphatic rings. The van der Waals surface area contributed by atoms with Crippen molar-refractivity contribution in [1.29, 1.82) is 0 Å². The molecule has 7 nitrogen and oxygen atoms in total. The number of benzene rings is 3. The van der Waals surface area contributed by atoms with Gasteiger partial charge in [-0.2, -0.15) is 0 Å². The number of ether oxygens (including phenoxy) is 1. The van der Waals surface area contributed by atoms with Crippen LogP contribution in [0.2, 0.25) is 0 Å². The highest BCUT2D eigenvalue weighted by Gasteiger charge is 2.46. The fourth-order valence-electron chi connectivity index (χ4n) is 4.65. The molecule has 178 valence electrons. The summed E-state index contributed by atoms with van der Waals surface area (Å²) in [6.07, 6.45) is 0.902. The van der Waals surface area contributed by atoms with E-state index < -0.39 is 17.6 Å². The Hall–Kier alpha value is -3.40. The van der Waals surface area contributed by atoms with Crippen LogP contribution < -0.4 is 10.6 Å². The molecule has 0 unspecified atom stereocenters. The molecule has 0 aromatic heterocycles. The normalized spacial score (nSPS) is 15.0. The van der Waals surface area contributed by atoms with Crippen molar-refractivity contribution in [3.63, 3.8) is 0 Å². The van der Waals surface area contributed by atoms with Crippen molar-refractivity contribution in [3.8, 4) is 11.1 Å². The quantitative estimate of drug-likeness (QED) is 0.324. The Labute approximate surface area is 216 Å². The fraction of sp³-hybridized carbons (Fsp3) is 0.222. The van der Waals surface area contributed by atoms with Crippen molar-refractivity contribution in [3.05, 3.63) is 87.0 Å². The predicted molar refractivity (Wildman–Crippen MR) is 140 cm³/mol. The van der Waals surface area contributed by atoms with E-state index in [0.717, 1.165) is 22.3 Å². The molecule has 0 radical (unpaired) electrons. The number of nitrogens with one attached hydrogen (secondary N) is 2. The van der Waals surface area contributed by atoms with E-state index in [1.807, 2.05) is 46.9 Å². The molecule has 1 saturated carbocycles. The molecule has 8 heteroatoms. The first-order chi connectivity index (χ1) is 16.8. The number of fused-ring (bicyclic) bond motifs is 3. The van der Waals surface area contributed by atoms with Crippen molar-refractivity contribution in [1.82, 2.24) is 5.32 Å². The maximum absolute atomic E-state index is 12.7. The van der Waals surface area contributed by atoms with Gasteiger partial charge in [0, 0.05) is 15.2 Å². The highest BCUT2D eigenvalue weighted by Crippen LogP contribution is 2.44. The van der Waals surface area contributed by atoms with Gasteiger partial charge in [-0.25, -0.2) is 9.59 Å². The molecule has 0 heterocycles. The SMILES string of the molecule is O=C(CC1(NC(=O)OCC2c3ccccc3-c3ccccc32)CC1)Nc1cc(I)cc(C(=O)O)c1. The number of aromatic carboxylic acids is 1. The van der Waals surface area contributed by atoms with Gasteiger partial charge in [-0.05, 0) is 75.9 Å². The van der Waals surface area contributed by atoms with Crippen LogP contribution in [0.5, 0.6) is 0 Å². The van der Waals surface area contributed by atoms with E-state index in [0.29, 0.717) is 22.1 Å². The lowest BCUT2D eigenvalue weighted by Gasteiger charge is -2.19. The Kier molecular flexibility index (Phi) is 6.22. The first-order valence-corrected chi connectivity index (χ1v) is 12.4. The van der Waals surface area contributed by atoms with Crippen molar-refractivity contribution in [2.24, 2.45) is 0 Å². The first-order valence-electron chi connectivity index (χ1n) is 11.3. The summed E-state index contributed by atoms with van der Waals surface area (Å²) >= 11 is 2.01. The van der Waals surface area contributed by atoms with Gasteiger partial charge in [0.05, 0.1) is 17.5 Å². The van der Waals surface area contributed by atoms with Crippen molar-refractivity contribution in [2.45, 2.75) is 30.7 Å². The van der Waals surface area contributed by atoms with Crippen LogP contribution in [0, 0.1) is 3.57 Å². The summed E-state index contributed by atoms with van der Waals surface area (Å²) in [6.45, 7) is 0.211. The molecular formula is C27H23IN2O5. The number of anilines is 1. The molecule has 1 fully saturated rings. The van der Waals surface area contributed by atoms with Gasteiger partial charge in [0.15, 0.2) is 0 Å². The summed E-state index contributed by atoms with van der Waals surface area (Å²) in [5.41, 5.74) is 4.48. The van der Waals surface area contributed by atoms with Crippen LogP contribution in [0.1, 0.15) is 46.7 Å². The van der Waals surface area contributed by atoms with E-state index in [-0.39, 0.29) is 30.4 Å². The highest BCUT2D eigenvalue weighted by atomic mass is 127. The zero-order chi connectivity index (χ0) is 24.6. The maximum atomic E-state index is 12.7. The van der Waals surface area contributed by atoms with Gasteiger partial charge in [-0.15, -0.1) is 0 Å². The number of halogens is 1. The molecule has 0 spiro atoms. The highest BCUT2D eigenvalue weighted by molar-refractivity contribution is 14.1. The average Bonchev–Trinajstić information content (AvgIpc) is 3.49. The van der Waals surface area contributed by atoms with E-state index in [4.69, 9.17) is 4.74 Å². The third kappa shape index (κ3) is 5.02. The lowest BCUT2D eigenvalue weighted by molar-refractivity contribution is -0.116. The second-order valence-electron chi connectivity index (χ2n) is 8.99. The van der Waals surface area contributed by atoms with Crippen LogP contribution in [-0.4, -0.2) is 35.2 Å². The largest absolute Gasteiger partial charge is 0.478 e. The first kappa shape index (κ1) is 23.3. The maximum Gasteiger partial charge on any atom is 0.407 e. The molecule has 5 rings (SSSR count). The van der Waals surface area contributed by atoms with Crippen LogP contribution in [0.15, 0.2) is 66.7 Å². The zero-order valence-corrected chi connectivity index (χ0v) is 20.9. The molecule has 0 saturated heterocycles. The third-order valence-corrected chi connectivity index (χ3v) is 7.11. The van der Waals surface area contributed by atoms with Gasteiger partial charge < -0.3 is 20.5 Å². The molecule has 0 bridgehead atoms. The van der Waals surface area contributed by atoms with Crippen LogP contribution >= 0.6 is 22.6 Å². The second kappa shape index (κ2) is 9.33. The van der Waals surface area contributed by atoms with Gasteiger partial charge in [-0.3, -0.25) is 4.79 Å². The number of rotatable bonds is 7. The Bertz CT molecular complexity index is 1290. The topological polar surface area (TPSA) is 105 Å². The molecule has 2 amide bonds. The van der Waals surface area contributed by atoms with E-state index >= 15 is 0 Å². The number of hydrogen-bond acceptors (Lipinski definition) is 4. The van der Waals surface area contributed by atoms with Crippen molar-refractivity contribution >= 4 is 46.2 Å². The standard InChI is InChI=1S/C27H23IN2O5/c28-17-11-16(25(32)33)12-18(13-17)29-24(31)14-27(9-10-27)30-26(34)35-15-23-21-7-3-1-5-19(21)20-6-2-4-8-22(20)23/h1-8,11-13,23H,9-10,14-15H2,(H,29,31)(H,30,34)(H,32,33). The number of carbonyl (C=O) groups excluding carboxylic acids is 2. The monoisotopic (exact) mass is 582 g/mol. The number of carboxylic acid groups (broad SMARTS) is 1. The van der Waals surface area contributed by atoms with Crippen molar-refractivity contribution < 1.29 is 24.2 Å². The molecule has 3 N–H and O–H groups in total. The third-order valence-electron chi connectivity index (χ3n) is 6.49. The minimum Gasteiger partial charge on any atom is -0.478 e. The smallest absolute Gasteiger partial charge is 0.407 e. The van der Waals surface area contributed by atoms with Gasteiger partial charge in [0.1, 0.15) is 6.61 Å². The van der Waals surface area contributed by atoms with Gasteiger partial charge in [-0.1, -0.05) is 48.5 Å². The Morgan fingerprint density at radius 3 is 2.20 bits per heavy atom. The van der Waals surface area contributed by atoms with E-state index in [2.05, 4.69) is 34.9 Å². The summed E-state index contributed by atoms with van der Waals surface area (Å²) in [4.78, 5) is 36.5. The fourth-order valence-corrected chi connectivity index (χ4v) is 5.32. The van der Waals surface area contributed by atoms with Gasteiger partial charge in [0.25, 0.3) is 0 Å². The molecule has 0 aliphatic heterocycles. The molecule has 3 aromatic carbocycles. The minimum atomic E-state index is -1.06. The van der Waals surface area contributed by atoms with E-state index in [1.165, 1.54) is 12.1 Å². The minimum absolute atomic E-state index is 0.0319. The number of hydrogen-bond donors (Lipinski definition) is 3. The van der Waals surface area contributed by atoms with Crippen molar-refractivity contribution in [2.75, 3.05) is 11.9 Å². The molecular weight excluding hydrogens is 559 g/mol. The number of alkyl carbamates (subject to hydrolysis) is 1. The molecule has 2 aliphatic carbocycles. The van der Waals surface area contributed by atoms with Crippen LogP contribution in [0.4, 0.5) is 10.5 Å². The number of carboxylic acids is 1. The lowest BCUT2D eigenvalue weighted by atomic mass is 9.98.